The number of aliphatic hydroxyl groups is 2. The van der Waals surface area contributed by atoms with E-state index in [0.717, 1.165) is 31.2 Å². The monoisotopic (exact) mass is 480 g/mol. The highest BCUT2D eigenvalue weighted by molar-refractivity contribution is 8.00. The Morgan fingerprint density at radius 1 is 1.27 bits per heavy atom. The van der Waals surface area contributed by atoms with Crippen molar-refractivity contribution in [1.29, 1.82) is 0 Å². The van der Waals surface area contributed by atoms with E-state index in [0.29, 0.717) is 25.0 Å². The minimum atomic E-state index is -0.715. The highest BCUT2D eigenvalue weighted by Gasteiger charge is 2.41. The van der Waals surface area contributed by atoms with Gasteiger partial charge in [0.2, 0.25) is 0 Å². The number of Topliss-reactive ketones (excluding diaryl/α,β-unsaturated/α-hetero) is 1. The number of ether oxygens (including phenoxy) is 1. The Labute approximate surface area is 200 Å². The van der Waals surface area contributed by atoms with E-state index in [9.17, 15) is 24.2 Å². The normalized spacial score (nSPS) is 22.6. The molecule has 184 valence electrons. The molecule has 1 aromatic carbocycles. The van der Waals surface area contributed by atoms with Crippen LogP contribution in [0.4, 0.5) is 4.39 Å². The molecule has 33 heavy (non-hydrogen) atoms. The summed E-state index contributed by atoms with van der Waals surface area (Å²) in [5.74, 6) is -0.472. The van der Waals surface area contributed by atoms with Gasteiger partial charge in [-0.25, -0.2) is 4.39 Å². The molecule has 1 saturated carbocycles. The van der Waals surface area contributed by atoms with Gasteiger partial charge in [0.25, 0.3) is 0 Å². The molecule has 7 heteroatoms. The molecule has 0 aromatic heterocycles. The summed E-state index contributed by atoms with van der Waals surface area (Å²) < 4.78 is 18.0. The third-order valence-electron chi connectivity index (χ3n) is 6.23. The lowest BCUT2D eigenvalue weighted by atomic mass is 9.89. The molecule has 1 aliphatic carbocycles. The fourth-order valence-electron chi connectivity index (χ4n) is 4.29. The molecule has 0 bridgehead atoms. The molecule has 0 aliphatic heterocycles. The molecule has 3 unspecified atom stereocenters. The number of carbonyl (C=O) groups is 2. The maximum atomic E-state index is 13.3. The molecule has 2 N–H and O–H groups in total. The summed E-state index contributed by atoms with van der Waals surface area (Å²) in [6, 6.07) is 6.29. The number of aliphatic hydroxyl groups excluding tert-OH is 2. The second kappa shape index (κ2) is 14.5. The second-order valence-corrected chi connectivity index (χ2v) is 9.90. The van der Waals surface area contributed by atoms with Gasteiger partial charge in [-0.1, -0.05) is 44.1 Å². The zero-order chi connectivity index (χ0) is 24.2. The summed E-state index contributed by atoms with van der Waals surface area (Å²) in [6.45, 7) is 2.09. The van der Waals surface area contributed by atoms with Gasteiger partial charge >= 0.3 is 5.97 Å². The average molecular weight is 481 g/mol. The molecule has 0 heterocycles. The molecule has 5 nitrogen and oxygen atoms in total. The number of benzene rings is 1. The lowest BCUT2D eigenvalue weighted by Gasteiger charge is -2.26. The Bertz CT molecular complexity index is 766. The highest BCUT2D eigenvalue weighted by Crippen LogP contribution is 2.37. The Morgan fingerprint density at radius 3 is 2.67 bits per heavy atom. The molecule has 0 saturated heterocycles. The molecular weight excluding hydrogens is 443 g/mol. The molecule has 0 amide bonds. The molecule has 2 rings (SSSR count). The largest absolute Gasteiger partial charge is 0.469 e. The van der Waals surface area contributed by atoms with Crippen molar-refractivity contribution in [2.75, 3.05) is 12.9 Å². The Hall–Kier alpha value is -1.70. The minimum absolute atomic E-state index is 0.0507. The molecule has 0 radical (unpaired) electrons. The Kier molecular flexibility index (Phi) is 12.1. The summed E-state index contributed by atoms with van der Waals surface area (Å²) >= 11 is 1.46. The van der Waals surface area contributed by atoms with E-state index in [1.54, 1.807) is 12.1 Å². The quantitative estimate of drug-likeness (QED) is 0.226. The molecule has 0 spiro atoms. The first-order valence-electron chi connectivity index (χ1n) is 11.8. The van der Waals surface area contributed by atoms with Crippen LogP contribution in [0.2, 0.25) is 0 Å². The predicted molar refractivity (Wildman–Crippen MR) is 130 cm³/mol. The maximum Gasteiger partial charge on any atom is 0.305 e. The first kappa shape index (κ1) is 27.5. The zero-order valence-electron chi connectivity index (χ0n) is 19.6. The van der Waals surface area contributed by atoms with Crippen LogP contribution in [0.25, 0.3) is 0 Å². The summed E-state index contributed by atoms with van der Waals surface area (Å²) in [5.41, 5.74) is 0.910. The van der Waals surface area contributed by atoms with Gasteiger partial charge in [0, 0.05) is 35.7 Å². The van der Waals surface area contributed by atoms with Crippen molar-refractivity contribution in [3.63, 3.8) is 0 Å². The molecule has 1 aliphatic rings. The first-order chi connectivity index (χ1) is 15.9. The average Bonchev–Trinajstić information content (AvgIpc) is 3.07. The summed E-state index contributed by atoms with van der Waals surface area (Å²) in [6.07, 6.45) is 7.78. The minimum Gasteiger partial charge on any atom is -0.469 e. The Balaban J connectivity index is 1.92. The number of rotatable bonds is 14. The van der Waals surface area contributed by atoms with E-state index >= 15 is 0 Å². The maximum absolute atomic E-state index is 13.3. The number of hydrogen-bond donors (Lipinski definition) is 2. The number of thioether (sulfide) groups is 1. The van der Waals surface area contributed by atoms with Gasteiger partial charge in [0.05, 0.1) is 19.3 Å². The fourth-order valence-corrected chi connectivity index (χ4v) is 5.75. The van der Waals surface area contributed by atoms with Crippen molar-refractivity contribution in [3.05, 3.63) is 47.8 Å². The zero-order valence-corrected chi connectivity index (χ0v) is 20.4. The van der Waals surface area contributed by atoms with E-state index in [4.69, 9.17) is 0 Å². The van der Waals surface area contributed by atoms with Crippen molar-refractivity contribution < 1.29 is 28.9 Å². The number of unbranched alkanes of at least 4 members (excludes halogenated alkanes) is 2. The van der Waals surface area contributed by atoms with Crippen molar-refractivity contribution in [3.8, 4) is 0 Å². The smallest absolute Gasteiger partial charge is 0.305 e. The lowest BCUT2D eigenvalue weighted by Crippen LogP contribution is -2.28. The standard InChI is InChI=1S/C26H37FO5S/c1-3-4-9-20(18-12-14-19(27)15-13-18)24(30)17-33-26-21(22(28)16-23(26)29)10-7-5-6-8-11-25(31)32-2/h5,7,12-15,20-21,23-24,26,29-30H,3-4,6,8-11,16-17H2,1-2H3/t20?,21-,23?,24?,26+/m0/s1. The topological polar surface area (TPSA) is 83.8 Å². The number of hydrogen-bond acceptors (Lipinski definition) is 6. The fraction of sp³-hybridized carbons (Fsp3) is 0.615. The van der Waals surface area contributed by atoms with E-state index < -0.39 is 12.2 Å². The van der Waals surface area contributed by atoms with Gasteiger partial charge < -0.3 is 14.9 Å². The second-order valence-electron chi connectivity index (χ2n) is 8.69. The highest BCUT2D eigenvalue weighted by atomic mass is 32.2. The van der Waals surface area contributed by atoms with Crippen LogP contribution in [0.3, 0.4) is 0 Å². The molecule has 5 atom stereocenters. The Morgan fingerprint density at radius 2 is 2.00 bits per heavy atom. The number of carbonyl (C=O) groups excluding carboxylic acids is 2. The van der Waals surface area contributed by atoms with Gasteiger partial charge in [0.15, 0.2) is 0 Å². The van der Waals surface area contributed by atoms with Gasteiger partial charge in [-0.15, -0.1) is 0 Å². The van der Waals surface area contributed by atoms with Crippen LogP contribution < -0.4 is 0 Å². The van der Waals surface area contributed by atoms with E-state index in [1.165, 1.54) is 31.0 Å². The van der Waals surface area contributed by atoms with Gasteiger partial charge in [0.1, 0.15) is 11.6 Å². The van der Waals surface area contributed by atoms with Crippen LogP contribution in [0.1, 0.15) is 69.8 Å². The first-order valence-corrected chi connectivity index (χ1v) is 12.9. The number of allylic oxidation sites excluding steroid dienone is 2. The van der Waals surface area contributed by atoms with Crippen molar-refractivity contribution in [2.24, 2.45) is 5.92 Å². The van der Waals surface area contributed by atoms with Gasteiger partial charge in [-0.2, -0.15) is 11.8 Å². The lowest BCUT2D eigenvalue weighted by molar-refractivity contribution is -0.140. The number of ketones is 1. The van der Waals surface area contributed by atoms with Crippen molar-refractivity contribution in [2.45, 2.75) is 81.7 Å². The van der Waals surface area contributed by atoms with Crippen LogP contribution >= 0.6 is 11.8 Å². The van der Waals surface area contributed by atoms with Crippen LogP contribution in [-0.4, -0.2) is 52.3 Å². The van der Waals surface area contributed by atoms with Crippen molar-refractivity contribution >= 4 is 23.5 Å². The van der Waals surface area contributed by atoms with Crippen molar-refractivity contribution in [1.82, 2.24) is 0 Å². The van der Waals surface area contributed by atoms with Gasteiger partial charge in [-0.3, -0.25) is 9.59 Å². The van der Waals surface area contributed by atoms with E-state index in [-0.39, 0.29) is 41.1 Å². The third-order valence-corrected chi connectivity index (χ3v) is 7.79. The molecule has 1 aromatic rings. The van der Waals surface area contributed by atoms with Gasteiger partial charge in [-0.05, 0) is 43.4 Å². The predicted octanol–water partition coefficient (Wildman–Crippen LogP) is 4.80. The van der Waals surface area contributed by atoms with E-state index in [2.05, 4.69) is 11.7 Å². The third kappa shape index (κ3) is 8.87. The summed E-state index contributed by atoms with van der Waals surface area (Å²) in [7, 11) is 1.37. The van der Waals surface area contributed by atoms with E-state index in [1.807, 2.05) is 12.2 Å². The number of halogens is 1. The van der Waals surface area contributed by atoms with Crippen LogP contribution in [0.5, 0.6) is 0 Å². The summed E-state index contributed by atoms with van der Waals surface area (Å²) in [4.78, 5) is 23.6. The van der Waals surface area contributed by atoms with Crippen LogP contribution in [0.15, 0.2) is 36.4 Å². The molecule has 1 fully saturated rings. The SMILES string of the molecule is CCCCC(c1ccc(F)cc1)C(O)CS[C@H]1C(O)CC(=O)[C@@H]1CC=CCCCC(=O)OC. The van der Waals surface area contributed by atoms with Crippen LogP contribution in [0, 0.1) is 11.7 Å². The number of methoxy groups -OCH3 is 1. The molecular formula is C26H37FO5S. The van der Waals surface area contributed by atoms with Crippen LogP contribution in [-0.2, 0) is 14.3 Å². The summed E-state index contributed by atoms with van der Waals surface area (Å²) in [5, 5.41) is 21.2. The number of esters is 1.